The van der Waals surface area contributed by atoms with Crippen LogP contribution in [0.4, 0.5) is 0 Å². The summed E-state index contributed by atoms with van der Waals surface area (Å²) in [6.45, 7) is 3.13. The van der Waals surface area contributed by atoms with Crippen molar-refractivity contribution in [1.82, 2.24) is 15.1 Å². The van der Waals surface area contributed by atoms with Crippen LogP contribution in [0.5, 0.6) is 0 Å². The Kier molecular flexibility index (Phi) is 6.00. The molecule has 1 aromatic carbocycles. The molecule has 114 valence electrons. The highest BCUT2D eigenvalue weighted by atomic mass is 127. The molecule has 0 aliphatic carbocycles. The number of carbonyl (C=O) groups is 2. The topological polar surface area (TPSA) is 52.7 Å². The van der Waals surface area contributed by atoms with E-state index in [1.54, 1.807) is 11.9 Å². The Bertz CT molecular complexity index is 547. The summed E-state index contributed by atoms with van der Waals surface area (Å²) < 4.78 is 1.73. The van der Waals surface area contributed by atoms with Crippen molar-refractivity contribution < 1.29 is 9.59 Å². The maximum Gasteiger partial charge on any atom is 0.255 e. The van der Waals surface area contributed by atoms with Crippen molar-refractivity contribution >= 4 is 50.3 Å². The molecule has 1 aromatic rings. The number of carbonyl (C=O) groups excluding carboxylic acids is 2. The second-order valence-corrected chi connectivity index (χ2v) is 7.02. The average Bonchev–Trinajstić information content (AvgIpc) is 2.49. The highest BCUT2D eigenvalue weighted by Gasteiger charge is 2.21. The van der Waals surface area contributed by atoms with E-state index in [9.17, 15) is 9.59 Å². The van der Waals surface area contributed by atoms with Gasteiger partial charge in [-0.15, -0.1) is 0 Å². The van der Waals surface area contributed by atoms with E-state index < -0.39 is 0 Å². The molecule has 2 amide bonds. The molecule has 0 saturated carbocycles. The Balaban J connectivity index is 2.02. The molecule has 1 aliphatic heterocycles. The van der Waals surface area contributed by atoms with E-state index in [4.69, 9.17) is 0 Å². The van der Waals surface area contributed by atoms with Gasteiger partial charge < -0.3 is 15.1 Å². The van der Waals surface area contributed by atoms with Crippen LogP contribution in [0.25, 0.3) is 0 Å². The van der Waals surface area contributed by atoms with Crippen molar-refractivity contribution in [2.75, 3.05) is 39.8 Å². The molecule has 5 nitrogen and oxygen atoms in total. The first-order valence-corrected chi connectivity index (χ1v) is 8.55. The third-order valence-electron chi connectivity index (χ3n) is 3.35. The van der Waals surface area contributed by atoms with Gasteiger partial charge in [-0.3, -0.25) is 9.59 Å². The molecule has 1 heterocycles. The largest absolute Gasteiger partial charge is 0.339 e. The van der Waals surface area contributed by atoms with Crippen LogP contribution in [-0.4, -0.2) is 61.4 Å². The first-order valence-electron chi connectivity index (χ1n) is 6.68. The van der Waals surface area contributed by atoms with Gasteiger partial charge in [-0.05, 0) is 56.7 Å². The van der Waals surface area contributed by atoms with Crippen molar-refractivity contribution in [3.8, 4) is 0 Å². The zero-order chi connectivity index (χ0) is 15.4. The lowest BCUT2D eigenvalue weighted by Gasteiger charge is -2.29. The van der Waals surface area contributed by atoms with Gasteiger partial charge in [0.05, 0.1) is 12.1 Å². The number of likely N-dealkylation sites (N-methyl/N-ethyl adjacent to an activating group) is 1. The monoisotopic (exact) mass is 465 g/mol. The van der Waals surface area contributed by atoms with E-state index in [0.717, 1.165) is 21.1 Å². The highest BCUT2D eigenvalue weighted by molar-refractivity contribution is 14.1. The van der Waals surface area contributed by atoms with Gasteiger partial charge in [-0.25, -0.2) is 0 Å². The van der Waals surface area contributed by atoms with E-state index in [1.165, 1.54) is 4.90 Å². The first kappa shape index (κ1) is 16.7. The Labute approximate surface area is 146 Å². The van der Waals surface area contributed by atoms with Gasteiger partial charge in [0, 0.05) is 41.3 Å². The zero-order valence-electron chi connectivity index (χ0n) is 11.7. The lowest BCUT2D eigenvalue weighted by molar-refractivity contribution is -0.132. The van der Waals surface area contributed by atoms with Gasteiger partial charge in [0.1, 0.15) is 0 Å². The number of rotatable bonds is 3. The summed E-state index contributed by atoms with van der Waals surface area (Å²) >= 11 is 5.55. The SMILES string of the molecule is CN(CC(=O)N1CCNCC1)C(=O)c1cc(I)ccc1Br. The third kappa shape index (κ3) is 4.40. The van der Waals surface area contributed by atoms with E-state index >= 15 is 0 Å². The maximum atomic E-state index is 12.4. The lowest BCUT2D eigenvalue weighted by atomic mass is 10.2. The minimum Gasteiger partial charge on any atom is -0.339 e. The van der Waals surface area contributed by atoms with E-state index in [1.807, 2.05) is 18.2 Å². The van der Waals surface area contributed by atoms with Crippen LogP contribution >= 0.6 is 38.5 Å². The number of hydrogen-bond donors (Lipinski definition) is 1. The fourth-order valence-corrected chi connectivity index (χ4v) is 3.06. The summed E-state index contributed by atoms with van der Waals surface area (Å²) in [5, 5.41) is 3.20. The molecule has 0 unspecified atom stereocenters. The molecule has 0 spiro atoms. The molecule has 0 bridgehead atoms. The van der Waals surface area contributed by atoms with Crippen LogP contribution in [0.1, 0.15) is 10.4 Å². The first-order chi connectivity index (χ1) is 9.99. The van der Waals surface area contributed by atoms with Crippen molar-refractivity contribution in [2.45, 2.75) is 0 Å². The summed E-state index contributed by atoms with van der Waals surface area (Å²) in [7, 11) is 1.66. The van der Waals surface area contributed by atoms with E-state index in [2.05, 4.69) is 43.8 Å². The molecule has 0 aromatic heterocycles. The minimum atomic E-state index is -0.149. The number of amides is 2. The minimum absolute atomic E-state index is 0.00546. The molecule has 0 radical (unpaired) electrons. The van der Waals surface area contributed by atoms with Gasteiger partial charge >= 0.3 is 0 Å². The normalized spacial score (nSPS) is 14.9. The molecule has 7 heteroatoms. The Morgan fingerprint density at radius 3 is 2.71 bits per heavy atom. The molecule has 1 saturated heterocycles. The fraction of sp³-hybridized carbons (Fsp3) is 0.429. The van der Waals surface area contributed by atoms with Crippen LogP contribution in [0.15, 0.2) is 22.7 Å². The van der Waals surface area contributed by atoms with Crippen LogP contribution in [0, 0.1) is 3.57 Å². The predicted molar refractivity (Wildman–Crippen MR) is 93.3 cm³/mol. The zero-order valence-corrected chi connectivity index (χ0v) is 15.5. The summed E-state index contributed by atoms with van der Waals surface area (Å²) in [6, 6.07) is 5.59. The molecular formula is C14H17BrIN3O2. The van der Waals surface area contributed by atoms with Crippen LogP contribution < -0.4 is 5.32 Å². The number of benzene rings is 1. The third-order valence-corrected chi connectivity index (χ3v) is 4.71. The van der Waals surface area contributed by atoms with E-state index in [-0.39, 0.29) is 18.4 Å². The molecule has 1 N–H and O–H groups in total. The van der Waals surface area contributed by atoms with Crippen LogP contribution in [0.3, 0.4) is 0 Å². The van der Waals surface area contributed by atoms with Gasteiger partial charge in [0.15, 0.2) is 0 Å². The molecule has 1 aliphatic rings. The highest BCUT2D eigenvalue weighted by Crippen LogP contribution is 2.20. The summed E-state index contributed by atoms with van der Waals surface area (Å²) in [6.07, 6.45) is 0. The standard InChI is InChI=1S/C14H17BrIN3O2/c1-18(9-13(20)19-6-4-17-5-7-19)14(21)11-8-10(16)2-3-12(11)15/h2-3,8,17H,4-7,9H2,1H3. The molecule has 1 fully saturated rings. The maximum absolute atomic E-state index is 12.4. The van der Waals surface area contributed by atoms with Crippen molar-refractivity contribution in [1.29, 1.82) is 0 Å². The lowest BCUT2D eigenvalue weighted by Crippen LogP contribution is -2.49. The number of halogens is 2. The number of piperazine rings is 1. The second kappa shape index (κ2) is 7.55. The second-order valence-electron chi connectivity index (χ2n) is 4.92. The predicted octanol–water partition coefficient (Wildman–Crippen LogP) is 1.56. The summed E-state index contributed by atoms with van der Waals surface area (Å²) in [5.41, 5.74) is 0.581. The average molecular weight is 466 g/mol. The number of nitrogens with zero attached hydrogens (tertiary/aromatic N) is 2. The molecule has 2 rings (SSSR count). The summed E-state index contributed by atoms with van der Waals surface area (Å²) in [4.78, 5) is 27.9. The Hall–Kier alpha value is -0.670. The van der Waals surface area contributed by atoms with Crippen LogP contribution in [0.2, 0.25) is 0 Å². The van der Waals surface area contributed by atoms with Crippen molar-refractivity contribution in [2.24, 2.45) is 0 Å². The van der Waals surface area contributed by atoms with E-state index in [0.29, 0.717) is 18.7 Å². The Morgan fingerprint density at radius 2 is 2.05 bits per heavy atom. The molecule has 0 atom stereocenters. The van der Waals surface area contributed by atoms with Crippen molar-refractivity contribution in [3.05, 3.63) is 31.8 Å². The van der Waals surface area contributed by atoms with Gasteiger partial charge in [-0.2, -0.15) is 0 Å². The smallest absolute Gasteiger partial charge is 0.255 e. The quantitative estimate of drug-likeness (QED) is 0.689. The molecule has 21 heavy (non-hydrogen) atoms. The fourth-order valence-electron chi connectivity index (χ4n) is 2.16. The van der Waals surface area contributed by atoms with Crippen LogP contribution in [-0.2, 0) is 4.79 Å². The molecular weight excluding hydrogens is 449 g/mol. The number of hydrogen-bond acceptors (Lipinski definition) is 3. The van der Waals surface area contributed by atoms with Crippen molar-refractivity contribution in [3.63, 3.8) is 0 Å². The summed E-state index contributed by atoms with van der Waals surface area (Å²) in [5.74, 6) is -0.155. The van der Waals surface area contributed by atoms with Gasteiger partial charge in [0.25, 0.3) is 5.91 Å². The van der Waals surface area contributed by atoms with Gasteiger partial charge in [-0.1, -0.05) is 0 Å². The van der Waals surface area contributed by atoms with Gasteiger partial charge in [0.2, 0.25) is 5.91 Å². The number of nitrogens with one attached hydrogen (secondary N) is 1. The Morgan fingerprint density at radius 1 is 1.38 bits per heavy atom.